The molecular weight excluding hydrogens is 831 g/mol. The van der Waals surface area contributed by atoms with Crippen LogP contribution in [0.3, 0.4) is 0 Å². The van der Waals surface area contributed by atoms with Crippen molar-refractivity contribution in [2.75, 3.05) is 4.90 Å². The first-order chi connectivity index (χ1) is 33.0. The molecular formula is C63H43N3S. The largest absolute Gasteiger partial charge is 0.310 e. The monoisotopic (exact) mass is 873 g/mol. The highest BCUT2D eigenvalue weighted by molar-refractivity contribution is 7.26. The topological polar surface area (TPSA) is 13.1 Å². The lowest BCUT2D eigenvalue weighted by Crippen LogP contribution is -2.14. The summed E-state index contributed by atoms with van der Waals surface area (Å²) in [6, 6.07) is 83.0. The normalized spacial score (nSPS) is 13.0. The predicted octanol–water partition coefficient (Wildman–Crippen LogP) is 17.7. The first kappa shape index (κ1) is 38.1. The van der Waals surface area contributed by atoms with Gasteiger partial charge < -0.3 is 14.0 Å². The molecule has 10 aromatic carbocycles. The van der Waals surface area contributed by atoms with Crippen LogP contribution < -0.4 is 4.90 Å². The summed E-state index contributed by atoms with van der Waals surface area (Å²) >= 11 is 1.88. The summed E-state index contributed by atoms with van der Waals surface area (Å²) in [4.78, 5) is 2.46. The molecule has 4 heteroatoms. The highest BCUT2D eigenvalue weighted by atomic mass is 32.1. The van der Waals surface area contributed by atoms with Gasteiger partial charge in [0.25, 0.3) is 0 Å². The Morgan fingerprint density at radius 1 is 0.388 bits per heavy atom. The van der Waals surface area contributed by atoms with Crippen LogP contribution in [0.5, 0.6) is 0 Å². The number of thiophene rings is 1. The summed E-state index contributed by atoms with van der Waals surface area (Å²) < 4.78 is 7.50. The number of anilines is 3. The lowest BCUT2D eigenvalue weighted by atomic mass is 9.82. The van der Waals surface area contributed by atoms with E-state index in [2.05, 4.69) is 252 Å². The van der Waals surface area contributed by atoms with Gasteiger partial charge in [-0.3, -0.25) is 0 Å². The lowest BCUT2D eigenvalue weighted by molar-refractivity contribution is 0.661. The van der Waals surface area contributed by atoms with Crippen molar-refractivity contribution in [2.45, 2.75) is 19.3 Å². The second-order valence-electron chi connectivity index (χ2n) is 18.5. The number of para-hydroxylation sites is 3. The van der Waals surface area contributed by atoms with Gasteiger partial charge in [0.2, 0.25) is 0 Å². The van der Waals surface area contributed by atoms with Crippen molar-refractivity contribution >= 4 is 92.2 Å². The number of benzene rings is 10. The smallest absolute Gasteiger partial charge is 0.0547 e. The van der Waals surface area contributed by atoms with Gasteiger partial charge in [0.1, 0.15) is 0 Å². The molecule has 0 N–H and O–H groups in total. The third-order valence-corrected chi connectivity index (χ3v) is 15.7. The number of hydrogen-bond donors (Lipinski definition) is 0. The van der Waals surface area contributed by atoms with E-state index in [9.17, 15) is 0 Å². The predicted molar refractivity (Wildman–Crippen MR) is 286 cm³/mol. The zero-order valence-electron chi connectivity index (χ0n) is 37.1. The Kier molecular flexibility index (Phi) is 8.20. The second-order valence-corrected chi connectivity index (χ2v) is 19.5. The number of fused-ring (bicyclic) bond motifs is 13. The quantitative estimate of drug-likeness (QED) is 0.162. The van der Waals surface area contributed by atoms with E-state index in [-0.39, 0.29) is 5.41 Å². The number of aromatic nitrogens is 2. The van der Waals surface area contributed by atoms with Crippen LogP contribution in [-0.4, -0.2) is 9.13 Å². The van der Waals surface area contributed by atoms with E-state index in [4.69, 9.17) is 0 Å². The van der Waals surface area contributed by atoms with Crippen LogP contribution in [0.15, 0.2) is 224 Å². The molecule has 0 aliphatic heterocycles. The Morgan fingerprint density at radius 2 is 0.940 bits per heavy atom. The highest BCUT2D eigenvalue weighted by Crippen LogP contribution is 2.54. The van der Waals surface area contributed by atoms with Crippen LogP contribution in [0.2, 0.25) is 0 Å². The van der Waals surface area contributed by atoms with Crippen molar-refractivity contribution in [2.24, 2.45) is 0 Å². The first-order valence-corrected chi connectivity index (χ1v) is 24.0. The fourth-order valence-electron chi connectivity index (χ4n) is 11.5. The van der Waals surface area contributed by atoms with Crippen molar-refractivity contribution in [3.63, 3.8) is 0 Å². The molecule has 0 saturated carbocycles. The zero-order valence-corrected chi connectivity index (χ0v) is 37.9. The van der Waals surface area contributed by atoms with E-state index in [1.165, 1.54) is 97.2 Å². The molecule has 14 rings (SSSR count). The van der Waals surface area contributed by atoms with E-state index in [0.29, 0.717) is 0 Å². The maximum Gasteiger partial charge on any atom is 0.0547 e. The van der Waals surface area contributed by atoms with Crippen LogP contribution in [-0.2, 0) is 5.41 Å². The number of nitrogens with zero attached hydrogens (tertiary/aromatic N) is 3. The Balaban J connectivity index is 1.02. The molecule has 0 unspecified atom stereocenters. The van der Waals surface area contributed by atoms with Crippen LogP contribution in [0.1, 0.15) is 25.0 Å². The molecule has 13 aromatic rings. The fraction of sp³-hybridized carbons (Fsp3) is 0.0476. The summed E-state index contributed by atoms with van der Waals surface area (Å²) in [6.45, 7) is 4.76. The van der Waals surface area contributed by atoms with Crippen molar-refractivity contribution < 1.29 is 0 Å². The summed E-state index contributed by atoms with van der Waals surface area (Å²) in [5.41, 5.74) is 18.2. The van der Waals surface area contributed by atoms with Crippen LogP contribution >= 0.6 is 11.3 Å². The minimum Gasteiger partial charge on any atom is -0.310 e. The maximum absolute atomic E-state index is 2.46. The summed E-state index contributed by atoms with van der Waals surface area (Å²) in [7, 11) is 0. The molecule has 0 fully saturated rings. The molecule has 67 heavy (non-hydrogen) atoms. The minimum absolute atomic E-state index is 0.124. The van der Waals surface area contributed by atoms with E-state index in [1.807, 2.05) is 11.3 Å². The Labute approximate surface area is 392 Å². The summed E-state index contributed by atoms with van der Waals surface area (Å²) in [5.74, 6) is 0. The van der Waals surface area contributed by atoms with E-state index in [1.54, 1.807) is 0 Å². The highest BCUT2D eigenvalue weighted by Gasteiger charge is 2.37. The van der Waals surface area contributed by atoms with Gasteiger partial charge in [-0.25, -0.2) is 0 Å². The first-order valence-electron chi connectivity index (χ1n) is 23.2. The average molecular weight is 874 g/mol. The molecule has 0 saturated heterocycles. The van der Waals surface area contributed by atoms with Crippen molar-refractivity contribution in [1.29, 1.82) is 0 Å². The van der Waals surface area contributed by atoms with Gasteiger partial charge >= 0.3 is 0 Å². The van der Waals surface area contributed by atoms with Crippen molar-refractivity contribution in [1.82, 2.24) is 9.13 Å². The molecule has 316 valence electrons. The van der Waals surface area contributed by atoms with E-state index < -0.39 is 0 Å². The third-order valence-electron chi connectivity index (χ3n) is 14.5. The fourth-order valence-corrected chi connectivity index (χ4v) is 12.7. The molecule has 0 spiro atoms. The SMILES string of the molecule is CC1(C)c2ccccc2-c2c1ccc1c2c2cc(N(c3ccc(-c4cccc5c4sc4ccccc45)cc3)c3ccc4c(c3)c3ccccc3n4-c3ccccc3)ccc2n1-c1ccccc1. The van der Waals surface area contributed by atoms with Gasteiger partial charge in [-0.1, -0.05) is 147 Å². The number of rotatable bonds is 6. The zero-order chi connectivity index (χ0) is 44.4. The van der Waals surface area contributed by atoms with Crippen molar-refractivity contribution in [3.8, 4) is 33.6 Å². The van der Waals surface area contributed by atoms with Gasteiger partial charge in [-0.2, -0.15) is 0 Å². The molecule has 1 aliphatic carbocycles. The Bertz CT molecular complexity index is 4110. The third kappa shape index (κ3) is 5.57. The van der Waals surface area contributed by atoms with Gasteiger partial charge in [0.05, 0.1) is 22.1 Å². The van der Waals surface area contributed by atoms with E-state index >= 15 is 0 Å². The molecule has 0 amide bonds. The molecule has 0 bridgehead atoms. The maximum atomic E-state index is 2.46. The molecule has 3 aromatic heterocycles. The molecule has 3 nitrogen and oxygen atoms in total. The van der Waals surface area contributed by atoms with Gasteiger partial charge in [0, 0.05) is 75.6 Å². The minimum atomic E-state index is -0.124. The van der Waals surface area contributed by atoms with E-state index in [0.717, 1.165) is 28.4 Å². The summed E-state index contributed by atoms with van der Waals surface area (Å²) in [6.07, 6.45) is 0. The van der Waals surface area contributed by atoms with Crippen LogP contribution in [0, 0.1) is 0 Å². The van der Waals surface area contributed by atoms with Crippen LogP contribution in [0.25, 0.3) is 97.4 Å². The van der Waals surface area contributed by atoms with Crippen molar-refractivity contribution in [3.05, 3.63) is 236 Å². The average Bonchev–Trinajstić information content (AvgIpc) is 4.10. The summed E-state index contributed by atoms with van der Waals surface area (Å²) in [5, 5.41) is 7.61. The van der Waals surface area contributed by atoms with Gasteiger partial charge in [-0.15, -0.1) is 11.3 Å². The van der Waals surface area contributed by atoms with Crippen LogP contribution in [0.4, 0.5) is 17.1 Å². The molecule has 1 aliphatic rings. The number of hydrogen-bond acceptors (Lipinski definition) is 2. The van der Waals surface area contributed by atoms with Gasteiger partial charge in [-0.05, 0) is 124 Å². The molecule has 0 atom stereocenters. The second kappa shape index (κ2) is 14.4. The lowest BCUT2D eigenvalue weighted by Gasteiger charge is -2.26. The Morgan fingerprint density at radius 3 is 1.70 bits per heavy atom. The van der Waals surface area contributed by atoms with Gasteiger partial charge in [0.15, 0.2) is 0 Å². The Hall–Kier alpha value is -8.18. The standard InChI is InChI=1S/C63H43N3S/c1-63(2)53-25-12-9-22-50(53)60-54(63)34-37-58-61(60)52-39-45(33-36-57(52)66(58)42-18-7-4-8-19-42)64(43-30-28-40(29-31-43)46-23-15-24-49-48-21-11-14-27-59(48)67-62(46)49)44-32-35-56-51(38-44)47-20-10-13-26-55(47)65(56)41-16-5-3-6-17-41/h3-39H,1-2H3. The molecule has 3 heterocycles. The molecule has 0 radical (unpaired) electrons.